The normalized spacial score (nSPS) is 23.9. The first kappa shape index (κ1) is 18.5. The highest BCUT2D eigenvalue weighted by atomic mass is 32.1. The molecule has 1 aromatic carbocycles. The molecule has 2 atom stereocenters. The predicted octanol–water partition coefficient (Wildman–Crippen LogP) is 3.95. The number of nitrogens with zero attached hydrogens (tertiary/aromatic N) is 2. The number of amides is 1. The monoisotopic (exact) mass is 377 g/mol. The number of nitrogens with two attached hydrogens (primary N) is 1. The molecule has 0 unspecified atom stereocenters. The molecule has 0 saturated carbocycles. The van der Waals surface area contributed by atoms with Gasteiger partial charge in [-0.05, 0) is 31.5 Å². The van der Waals surface area contributed by atoms with Gasteiger partial charge in [-0.2, -0.15) is 0 Å². The predicted molar refractivity (Wildman–Crippen MR) is 99.6 cm³/mol. The lowest BCUT2D eigenvalue weighted by atomic mass is 9.77. The minimum atomic E-state index is -2.93. The lowest BCUT2D eigenvalue weighted by Gasteiger charge is -2.40. The fourth-order valence-electron chi connectivity index (χ4n) is 3.26. The summed E-state index contributed by atoms with van der Waals surface area (Å²) in [5.74, 6) is -3.63. The molecule has 0 bridgehead atoms. The zero-order valence-electron chi connectivity index (χ0n) is 15.1. The molecule has 2 aromatic rings. The molecule has 1 aromatic heterocycles. The van der Waals surface area contributed by atoms with E-state index >= 15 is 0 Å². The minimum Gasteiger partial charge on any atom is -0.369 e. The van der Waals surface area contributed by atoms with E-state index in [1.165, 1.54) is 17.0 Å². The van der Waals surface area contributed by atoms with Gasteiger partial charge < -0.3 is 5.73 Å². The van der Waals surface area contributed by atoms with Crippen LogP contribution in [0.1, 0.15) is 40.6 Å². The van der Waals surface area contributed by atoms with Crippen molar-refractivity contribution in [2.24, 2.45) is 10.7 Å². The van der Waals surface area contributed by atoms with Crippen LogP contribution in [0.3, 0.4) is 0 Å². The van der Waals surface area contributed by atoms with Gasteiger partial charge in [-0.1, -0.05) is 24.3 Å². The number of likely N-dealkylation sites (N-methyl/N-ethyl adjacent to an activating group) is 1. The molecule has 1 aliphatic heterocycles. The third-order valence-corrected chi connectivity index (χ3v) is 6.05. The van der Waals surface area contributed by atoms with Gasteiger partial charge in [0.2, 0.25) is 5.91 Å². The molecule has 0 aliphatic carbocycles. The van der Waals surface area contributed by atoms with Crippen LogP contribution >= 0.6 is 11.3 Å². The Morgan fingerprint density at radius 2 is 1.85 bits per heavy atom. The van der Waals surface area contributed by atoms with E-state index < -0.39 is 17.4 Å². The van der Waals surface area contributed by atoms with E-state index in [1.807, 2.05) is 26.0 Å². The van der Waals surface area contributed by atoms with Gasteiger partial charge in [-0.3, -0.25) is 9.69 Å². The molecule has 0 saturated heterocycles. The number of hydrogen-bond donors (Lipinski definition) is 1. The van der Waals surface area contributed by atoms with E-state index in [1.54, 1.807) is 30.5 Å². The number of carbonyl (C=O) groups is 1. The van der Waals surface area contributed by atoms with Crippen molar-refractivity contribution in [2.75, 3.05) is 7.05 Å². The lowest BCUT2D eigenvalue weighted by Crippen LogP contribution is -2.52. The van der Waals surface area contributed by atoms with E-state index in [0.29, 0.717) is 5.56 Å². The second kappa shape index (κ2) is 6.16. The molecule has 2 heterocycles. The third-order valence-electron chi connectivity index (χ3n) is 4.82. The van der Waals surface area contributed by atoms with Crippen LogP contribution in [0, 0.1) is 6.92 Å². The van der Waals surface area contributed by atoms with E-state index in [4.69, 9.17) is 5.73 Å². The quantitative estimate of drug-likeness (QED) is 0.880. The summed E-state index contributed by atoms with van der Waals surface area (Å²) in [6, 6.07) is 9.81. The average molecular weight is 377 g/mol. The number of carbonyl (C=O) groups excluding carboxylic acids is 1. The fraction of sp³-hybridized carbons (Fsp3) is 0.368. The van der Waals surface area contributed by atoms with Crippen molar-refractivity contribution < 1.29 is 13.6 Å². The first-order chi connectivity index (χ1) is 12.0. The summed E-state index contributed by atoms with van der Waals surface area (Å²) in [4.78, 5) is 21.0. The zero-order valence-corrected chi connectivity index (χ0v) is 15.9. The molecule has 0 spiro atoms. The summed E-state index contributed by atoms with van der Waals surface area (Å²) in [5, 5.41) is 0. The average Bonchev–Trinajstić information content (AvgIpc) is 3.00. The van der Waals surface area contributed by atoms with E-state index in [2.05, 4.69) is 4.99 Å². The van der Waals surface area contributed by atoms with Gasteiger partial charge in [0.15, 0.2) is 5.96 Å². The highest BCUT2D eigenvalue weighted by molar-refractivity contribution is 7.12. The van der Waals surface area contributed by atoms with Crippen LogP contribution in [0.5, 0.6) is 0 Å². The molecule has 7 heteroatoms. The van der Waals surface area contributed by atoms with E-state index in [-0.39, 0.29) is 17.4 Å². The first-order valence-corrected chi connectivity index (χ1v) is 9.04. The van der Waals surface area contributed by atoms with Gasteiger partial charge in [0.25, 0.3) is 5.92 Å². The van der Waals surface area contributed by atoms with Gasteiger partial charge in [-0.25, -0.2) is 13.8 Å². The molecule has 138 valence electrons. The number of guanidine groups is 1. The van der Waals surface area contributed by atoms with Gasteiger partial charge in [0.05, 0.1) is 5.92 Å². The van der Waals surface area contributed by atoms with Crippen molar-refractivity contribution in [3.8, 4) is 0 Å². The Balaban J connectivity index is 2.14. The summed E-state index contributed by atoms with van der Waals surface area (Å²) in [7, 11) is 1.57. The minimum absolute atomic E-state index is 0.0884. The van der Waals surface area contributed by atoms with Crippen LogP contribution in [-0.4, -0.2) is 23.8 Å². The second-order valence-electron chi connectivity index (χ2n) is 6.87. The molecule has 26 heavy (non-hydrogen) atoms. The fourth-order valence-corrected chi connectivity index (χ4v) is 4.25. The maximum absolute atomic E-state index is 13.5. The number of hydrogen-bond acceptors (Lipinski definition) is 4. The summed E-state index contributed by atoms with van der Waals surface area (Å²) in [6.45, 7) is 4.70. The van der Waals surface area contributed by atoms with E-state index in [9.17, 15) is 13.6 Å². The molecule has 1 aliphatic rings. The molecule has 1 amide bonds. The number of aryl methyl sites for hydroxylation is 1. The van der Waals surface area contributed by atoms with Crippen LogP contribution in [0.15, 0.2) is 41.4 Å². The Hall–Kier alpha value is -2.28. The maximum atomic E-state index is 13.5. The van der Waals surface area contributed by atoms with Gasteiger partial charge in [0.1, 0.15) is 5.54 Å². The van der Waals surface area contributed by atoms with Crippen molar-refractivity contribution in [1.29, 1.82) is 0 Å². The molecule has 0 fully saturated rings. The van der Waals surface area contributed by atoms with Crippen LogP contribution in [0.25, 0.3) is 0 Å². The number of alkyl halides is 2. The molecule has 3 rings (SSSR count). The van der Waals surface area contributed by atoms with E-state index in [0.717, 1.165) is 16.7 Å². The largest absolute Gasteiger partial charge is 0.369 e. The summed E-state index contributed by atoms with van der Waals surface area (Å²) >= 11 is 1.55. The number of thiophene rings is 1. The number of aliphatic imine (C=N–C) groups is 1. The van der Waals surface area contributed by atoms with Crippen LogP contribution in [0.2, 0.25) is 0 Å². The molecule has 2 N–H and O–H groups in total. The van der Waals surface area contributed by atoms with Crippen molar-refractivity contribution in [3.63, 3.8) is 0 Å². The smallest absolute Gasteiger partial charge is 0.270 e. The molecular formula is C19H21F2N3OS. The number of rotatable bonds is 3. The standard InChI is InChI=1S/C19H21F2N3OS/c1-11-5-10-14(26-11)18(2)15(16(25)24(4)17(22)23-18)12-6-8-13(9-7-12)19(3,20)21/h5-10,15H,1-4H3,(H2,22,23)/t15-,18+/m0/s1. The molecular weight excluding hydrogens is 356 g/mol. The van der Waals surface area contributed by atoms with Crippen LogP contribution in [0.4, 0.5) is 8.78 Å². The zero-order chi connectivity index (χ0) is 19.3. The molecule has 4 nitrogen and oxygen atoms in total. The van der Waals surface area contributed by atoms with Crippen molar-refractivity contribution in [3.05, 3.63) is 57.3 Å². The summed E-state index contributed by atoms with van der Waals surface area (Å²) < 4.78 is 27.1. The van der Waals surface area contributed by atoms with Crippen LogP contribution in [-0.2, 0) is 16.3 Å². The Morgan fingerprint density at radius 1 is 1.23 bits per heavy atom. The second-order valence-corrected chi connectivity index (χ2v) is 8.16. The highest BCUT2D eigenvalue weighted by Gasteiger charge is 2.48. The Labute approximate surface area is 155 Å². The Bertz CT molecular complexity index is 870. The van der Waals surface area contributed by atoms with Gasteiger partial charge in [0, 0.05) is 29.3 Å². The van der Waals surface area contributed by atoms with Gasteiger partial charge in [-0.15, -0.1) is 11.3 Å². The lowest BCUT2D eigenvalue weighted by molar-refractivity contribution is -0.130. The number of benzene rings is 1. The Kier molecular flexibility index (Phi) is 4.38. The SMILES string of the molecule is Cc1ccc([C@@]2(C)N=C(N)N(C)C(=O)[C@@H]2c2ccc(C(C)(F)F)cc2)s1. The highest BCUT2D eigenvalue weighted by Crippen LogP contribution is 2.46. The summed E-state index contributed by atoms with van der Waals surface area (Å²) in [5.41, 5.74) is 5.63. The number of halogens is 2. The Morgan fingerprint density at radius 3 is 2.35 bits per heavy atom. The first-order valence-electron chi connectivity index (χ1n) is 8.22. The van der Waals surface area contributed by atoms with Crippen molar-refractivity contribution in [1.82, 2.24) is 4.90 Å². The maximum Gasteiger partial charge on any atom is 0.270 e. The van der Waals surface area contributed by atoms with Crippen LogP contribution < -0.4 is 5.73 Å². The molecule has 0 radical (unpaired) electrons. The van der Waals surface area contributed by atoms with Crippen molar-refractivity contribution in [2.45, 2.75) is 38.2 Å². The van der Waals surface area contributed by atoms with Gasteiger partial charge >= 0.3 is 0 Å². The summed E-state index contributed by atoms with van der Waals surface area (Å²) in [6.07, 6.45) is 0. The third kappa shape index (κ3) is 3.00. The topological polar surface area (TPSA) is 58.7 Å². The van der Waals surface area contributed by atoms with Crippen molar-refractivity contribution >= 4 is 23.2 Å².